The molecule has 0 aliphatic heterocycles. The van der Waals surface area contributed by atoms with Crippen molar-refractivity contribution in [3.8, 4) is 12.3 Å². The lowest BCUT2D eigenvalue weighted by Gasteiger charge is -2.02. The predicted molar refractivity (Wildman–Crippen MR) is 71.1 cm³/mol. The number of unbranched alkanes of at least 4 members (excludes halogenated alkanes) is 2. The number of rotatable bonds is 6. The van der Waals surface area contributed by atoms with Gasteiger partial charge in [0.2, 0.25) is 0 Å². The molecule has 0 bridgehead atoms. The Balaban J connectivity index is 2.41. The first-order chi connectivity index (χ1) is 8.19. The van der Waals surface area contributed by atoms with Crippen molar-refractivity contribution in [2.45, 2.75) is 19.3 Å². The van der Waals surface area contributed by atoms with Crippen LogP contribution in [-0.2, 0) is 0 Å². The summed E-state index contributed by atoms with van der Waals surface area (Å²) in [5.74, 6) is 2.64. The maximum atomic E-state index is 11.7. The molecule has 0 fully saturated rings. The number of thiazole rings is 1. The minimum Gasteiger partial charge on any atom is -0.382 e. The van der Waals surface area contributed by atoms with Crippen molar-refractivity contribution >= 4 is 28.2 Å². The van der Waals surface area contributed by atoms with Crippen LogP contribution in [0.5, 0.6) is 0 Å². The smallest absolute Gasteiger partial charge is 0.265 e. The largest absolute Gasteiger partial charge is 0.382 e. The topological polar surface area (TPSA) is 80.0 Å². The van der Waals surface area contributed by atoms with Crippen molar-refractivity contribution in [2.75, 3.05) is 24.6 Å². The fourth-order valence-electron chi connectivity index (χ4n) is 1.24. The number of nitrogen functional groups attached to an aromatic ring is 1. The first-order valence-corrected chi connectivity index (χ1v) is 6.16. The first-order valence-electron chi connectivity index (χ1n) is 5.34. The molecule has 6 heteroatoms. The highest BCUT2D eigenvalue weighted by Gasteiger charge is 2.14. The average Bonchev–Trinajstić information content (AvgIpc) is 2.70. The van der Waals surface area contributed by atoms with Gasteiger partial charge in [-0.05, 0) is 12.8 Å². The van der Waals surface area contributed by atoms with Crippen LogP contribution in [0, 0.1) is 12.3 Å². The lowest BCUT2D eigenvalue weighted by molar-refractivity contribution is 0.0958. The SMILES string of the molecule is C#CCCCCNC(=O)c1sc(NC)nc1N. The Labute approximate surface area is 105 Å². The Morgan fingerprint density at radius 2 is 2.35 bits per heavy atom. The van der Waals surface area contributed by atoms with Crippen LogP contribution in [0.15, 0.2) is 0 Å². The number of nitrogens with zero attached hydrogens (tertiary/aromatic N) is 1. The summed E-state index contributed by atoms with van der Waals surface area (Å²) in [5, 5.41) is 6.28. The normalized spacial score (nSPS) is 9.65. The zero-order valence-electron chi connectivity index (χ0n) is 9.75. The molecule has 0 saturated heterocycles. The van der Waals surface area contributed by atoms with Gasteiger partial charge in [0.25, 0.3) is 5.91 Å². The quantitative estimate of drug-likeness (QED) is 0.526. The van der Waals surface area contributed by atoms with Gasteiger partial charge in [-0.3, -0.25) is 4.79 Å². The molecule has 1 amide bonds. The van der Waals surface area contributed by atoms with E-state index in [1.165, 1.54) is 11.3 Å². The molecule has 1 aromatic rings. The highest BCUT2D eigenvalue weighted by molar-refractivity contribution is 7.18. The van der Waals surface area contributed by atoms with Crippen molar-refractivity contribution in [1.82, 2.24) is 10.3 Å². The first kappa shape index (κ1) is 13.3. The van der Waals surface area contributed by atoms with Crippen LogP contribution in [0.25, 0.3) is 0 Å². The van der Waals surface area contributed by atoms with Crippen LogP contribution in [0.4, 0.5) is 10.9 Å². The zero-order chi connectivity index (χ0) is 12.7. The average molecular weight is 252 g/mol. The molecule has 17 heavy (non-hydrogen) atoms. The molecule has 0 atom stereocenters. The van der Waals surface area contributed by atoms with Crippen LogP contribution in [0.3, 0.4) is 0 Å². The van der Waals surface area contributed by atoms with E-state index in [4.69, 9.17) is 12.2 Å². The summed E-state index contributed by atoms with van der Waals surface area (Å²) in [6, 6.07) is 0. The van der Waals surface area contributed by atoms with Crippen molar-refractivity contribution in [1.29, 1.82) is 0 Å². The van der Waals surface area contributed by atoms with Gasteiger partial charge in [0.05, 0.1) is 0 Å². The van der Waals surface area contributed by atoms with Crippen LogP contribution in [0.2, 0.25) is 0 Å². The zero-order valence-corrected chi connectivity index (χ0v) is 10.6. The van der Waals surface area contributed by atoms with E-state index in [1.807, 2.05) is 0 Å². The minimum absolute atomic E-state index is 0.179. The monoisotopic (exact) mass is 252 g/mol. The fourth-order valence-corrected chi connectivity index (χ4v) is 1.99. The van der Waals surface area contributed by atoms with E-state index < -0.39 is 0 Å². The Morgan fingerprint density at radius 3 is 2.94 bits per heavy atom. The van der Waals surface area contributed by atoms with Gasteiger partial charge in [-0.25, -0.2) is 4.98 Å². The highest BCUT2D eigenvalue weighted by Crippen LogP contribution is 2.24. The Hall–Kier alpha value is -1.74. The predicted octanol–water partition coefficient (Wildman–Crippen LogP) is 1.30. The standard InChI is InChI=1S/C11H16N4OS/c1-3-4-5-6-7-14-10(16)8-9(12)15-11(13-2)17-8/h1H,4-7,12H2,2H3,(H,13,15)(H,14,16). The highest BCUT2D eigenvalue weighted by atomic mass is 32.1. The van der Waals surface area contributed by atoms with E-state index in [1.54, 1.807) is 7.05 Å². The number of carbonyl (C=O) groups is 1. The maximum absolute atomic E-state index is 11.7. The van der Waals surface area contributed by atoms with Gasteiger partial charge in [0.15, 0.2) is 5.13 Å². The van der Waals surface area contributed by atoms with Crippen molar-refractivity contribution in [3.05, 3.63) is 4.88 Å². The molecule has 0 saturated carbocycles. The molecule has 92 valence electrons. The summed E-state index contributed by atoms with van der Waals surface area (Å²) >= 11 is 1.24. The number of hydrogen-bond acceptors (Lipinski definition) is 5. The second-order valence-corrected chi connectivity index (χ2v) is 4.40. The van der Waals surface area contributed by atoms with Crippen LogP contribution < -0.4 is 16.4 Å². The number of amides is 1. The summed E-state index contributed by atoms with van der Waals surface area (Å²) in [7, 11) is 1.74. The number of hydrogen-bond donors (Lipinski definition) is 3. The van der Waals surface area contributed by atoms with E-state index in [2.05, 4.69) is 21.5 Å². The molecule has 0 radical (unpaired) electrons. The molecule has 1 rings (SSSR count). The number of terminal acetylenes is 1. The Kier molecular flexibility index (Phi) is 5.30. The molecule has 0 unspecified atom stereocenters. The molecule has 5 nitrogen and oxygen atoms in total. The van der Waals surface area contributed by atoms with E-state index in [9.17, 15) is 4.79 Å². The third kappa shape index (κ3) is 3.96. The summed E-state index contributed by atoms with van der Waals surface area (Å²) in [4.78, 5) is 16.2. The van der Waals surface area contributed by atoms with Gasteiger partial charge in [-0.15, -0.1) is 12.3 Å². The third-order valence-electron chi connectivity index (χ3n) is 2.11. The molecule has 0 aliphatic rings. The van der Waals surface area contributed by atoms with Gasteiger partial charge < -0.3 is 16.4 Å². The lowest BCUT2D eigenvalue weighted by atomic mass is 10.2. The molecule has 1 heterocycles. The third-order valence-corrected chi connectivity index (χ3v) is 3.19. The molecule has 0 aromatic carbocycles. The Bertz CT molecular complexity index is 422. The molecule has 0 spiro atoms. The summed E-state index contributed by atoms with van der Waals surface area (Å²) in [5.41, 5.74) is 5.64. The number of nitrogens with two attached hydrogens (primary N) is 1. The number of aromatic nitrogens is 1. The molecular weight excluding hydrogens is 236 g/mol. The van der Waals surface area contributed by atoms with E-state index in [0.29, 0.717) is 16.6 Å². The molecule has 4 N–H and O–H groups in total. The van der Waals surface area contributed by atoms with Crippen LogP contribution in [0.1, 0.15) is 28.9 Å². The van der Waals surface area contributed by atoms with Gasteiger partial charge >= 0.3 is 0 Å². The van der Waals surface area contributed by atoms with Gasteiger partial charge in [-0.1, -0.05) is 11.3 Å². The fraction of sp³-hybridized carbons (Fsp3) is 0.455. The second kappa shape index (κ2) is 6.76. The van der Waals surface area contributed by atoms with Crippen LogP contribution in [-0.4, -0.2) is 24.5 Å². The summed E-state index contributed by atoms with van der Waals surface area (Å²) < 4.78 is 0. The maximum Gasteiger partial charge on any atom is 0.265 e. The lowest BCUT2D eigenvalue weighted by Crippen LogP contribution is -2.24. The summed E-state index contributed by atoms with van der Waals surface area (Å²) in [6.45, 7) is 0.604. The number of carbonyl (C=O) groups excluding carboxylic acids is 1. The van der Waals surface area contributed by atoms with Crippen molar-refractivity contribution < 1.29 is 4.79 Å². The molecular formula is C11H16N4OS. The number of nitrogens with one attached hydrogen (secondary N) is 2. The van der Waals surface area contributed by atoms with Crippen molar-refractivity contribution in [2.24, 2.45) is 0 Å². The Morgan fingerprint density at radius 1 is 1.59 bits per heavy atom. The number of anilines is 2. The van der Waals surface area contributed by atoms with E-state index in [0.717, 1.165) is 19.3 Å². The second-order valence-electron chi connectivity index (χ2n) is 3.40. The molecule has 1 aromatic heterocycles. The minimum atomic E-state index is -0.179. The summed E-state index contributed by atoms with van der Waals surface area (Å²) in [6.07, 6.45) is 7.65. The van der Waals surface area contributed by atoms with Gasteiger partial charge in [-0.2, -0.15) is 0 Å². The van der Waals surface area contributed by atoms with Crippen molar-refractivity contribution in [3.63, 3.8) is 0 Å². The van der Waals surface area contributed by atoms with Gasteiger partial charge in [0, 0.05) is 20.0 Å². The van der Waals surface area contributed by atoms with E-state index >= 15 is 0 Å². The van der Waals surface area contributed by atoms with Crippen LogP contribution >= 0.6 is 11.3 Å². The molecule has 0 aliphatic carbocycles. The van der Waals surface area contributed by atoms with Gasteiger partial charge in [0.1, 0.15) is 10.7 Å². The van der Waals surface area contributed by atoms with E-state index in [-0.39, 0.29) is 11.7 Å².